The number of benzene rings is 2. The van der Waals surface area contributed by atoms with Crippen LogP contribution in [0.3, 0.4) is 0 Å². The van der Waals surface area contributed by atoms with E-state index in [1.807, 2.05) is 12.1 Å². The molecule has 0 aliphatic heterocycles. The Bertz CT molecular complexity index is 753. The first-order valence-electron chi connectivity index (χ1n) is 6.95. The third-order valence-electron chi connectivity index (χ3n) is 3.09. The van der Waals surface area contributed by atoms with E-state index >= 15 is 0 Å². The van der Waals surface area contributed by atoms with Crippen molar-refractivity contribution in [2.45, 2.75) is 19.6 Å². The van der Waals surface area contributed by atoms with Crippen LogP contribution in [0.1, 0.15) is 23.6 Å². The summed E-state index contributed by atoms with van der Waals surface area (Å²) < 4.78 is 10.7. The average Bonchev–Trinajstić information content (AvgIpc) is 2.60. The summed E-state index contributed by atoms with van der Waals surface area (Å²) in [6.07, 6.45) is -0.763. The highest BCUT2D eigenvalue weighted by Crippen LogP contribution is 2.14. The van der Waals surface area contributed by atoms with Crippen molar-refractivity contribution in [3.05, 3.63) is 65.2 Å². The quantitative estimate of drug-likeness (QED) is 0.793. The molecule has 0 radical (unpaired) electrons. The van der Waals surface area contributed by atoms with Crippen LogP contribution in [0.5, 0.6) is 5.75 Å². The van der Waals surface area contributed by atoms with E-state index in [0.29, 0.717) is 16.9 Å². The van der Waals surface area contributed by atoms with Gasteiger partial charge in [0.05, 0.1) is 23.3 Å². The number of ether oxygens (including phenoxy) is 2. The molecule has 0 aliphatic carbocycles. The Hall–Kier alpha value is -3.31. The largest absolute Gasteiger partial charge is 0.479 e. The molecule has 5 nitrogen and oxygen atoms in total. The van der Waals surface area contributed by atoms with E-state index < -0.39 is 12.1 Å². The molecule has 114 valence electrons. The first-order chi connectivity index (χ1) is 11.1. The van der Waals surface area contributed by atoms with E-state index in [2.05, 4.69) is 0 Å². The fraction of sp³-hybridized carbons (Fsp3) is 0.167. The Labute approximate surface area is 134 Å². The number of rotatable bonds is 5. The van der Waals surface area contributed by atoms with Gasteiger partial charge in [0.25, 0.3) is 0 Å². The van der Waals surface area contributed by atoms with Crippen LogP contribution in [0.4, 0.5) is 0 Å². The standard InChI is InChI=1S/C18H14N2O3/c1-13(23-17-8-6-15(11-20)7-9-17)18(21)22-12-16-4-2-14(10-19)3-5-16/h2-9,13H,12H2,1H3/t13-/m0/s1. The smallest absolute Gasteiger partial charge is 0.347 e. The number of hydrogen-bond acceptors (Lipinski definition) is 5. The van der Waals surface area contributed by atoms with Crippen LogP contribution in [-0.2, 0) is 16.1 Å². The number of carbonyl (C=O) groups is 1. The van der Waals surface area contributed by atoms with E-state index in [9.17, 15) is 4.79 Å². The number of nitrogens with zero attached hydrogens (tertiary/aromatic N) is 2. The molecule has 0 spiro atoms. The number of esters is 1. The van der Waals surface area contributed by atoms with Crippen LogP contribution in [0.25, 0.3) is 0 Å². The third kappa shape index (κ3) is 4.59. The Morgan fingerprint density at radius 3 is 2.04 bits per heavy atom. The zero-order chi connectivity index (χ0) is 16.7. The summed E-state index contributed by atoms with van der Waals surface area (Å²) in [7, 11) is 0. The SMILES string of the molecule is C[C@H](Oc1ccc(C#N)cc1)C(=O)OCc1ccc(C#N)cc1. The topological polar surface area (TPSA) is 83.1 Å². The molecule has 0 unspecified atom stereocenters. The van der Waals surface area contributed by atoms with Crippen molar-refractivity contribution in [2.24, 2.45) is 0 Å². The van der Waals surface area contributed by atoms with E-state index in [1.165, 1.54) is 0 Å². The monoisotopic (exact) mass is 306 g/mol. The van der Waals surface area contributed by atoms with Gasteiger partial charge in [-0.2, -0.15) is 10.5 Å². The third-order valence-corrected chi connectivity index (χ3v) is 3.09. The van der Waals surface area contributed by atoms with E-state index in [-0.39, 0.29) is 6.61 Å². The molecular formula is C18H14N2O3. The van der Waals surface area contributed by atoms with Crippen molar-refractivity contribution < 1.29 is 14.3 Å². The van der Waals surface area contributed by atoms with Gasteiger partial charge in [-0.25, -0.2) is 4.79 Å². The minimum Gasteiger partial charge on any atom is -0.479 e. The normalized spacial score (nSPS) is 10.9. The number of hydrogen-bond donors (Lipinski definition) is 0. The maximum Gasteiger partial charge on any atom is 0.347 e. The van der Waals surface area contributed by atoms with Crippen molar-refractivity contribution >= 4 is 5.97 Å². The molecule has 2 rings (SSSR count). The fourth-order valence-corrected chi connectivity index (χ4v) is 1.81. The molecule has 0 bridgehead atoms. The highest BCUT2D eigenvalue weighted by molar-refractivity contribution is 5.74. The lowest BCUT2D eigenvalue weighted by Crippen LogP contribution is -2.26. The van der Waals surface area contributed by atoms with Gasteiger partial charge < -0.3 is 9.47 Å². The number of carbonyl (C=O) groups excluding carboxylic acids is 1. The summed E-state index contributed by atoms with van der Waals surface area (Å²) in [5.41, 5.74) is 1.87. The molecule has 0 saturated heterocycles. The van der Waals surface area contributed by atoms with Gasteiger partial charge in [-0.05, 0) is 48.9 Å². The van der Waals surface area contributed by atoms with Crippen molar-refractivity contribution in [1.29, 1.82) is 10.5 Å². The Kier molecular flexibility index (Phi) is 5.33. The summed E-state index contributed by atoms with van der Waals surface area (Å²) in [4.78, 5) is 11.9. The van der Waals surface area contributed by atoms with Crippen LogP contribution in [0.2, 0.25) is 0 Å². The molecule has 0 fully saturated rings. The molecule has 23 heavy (non-hydrogen) atoms. The Balaban J connectivity index is 1.86. The summed E-state index contributed by atoms with van der Waals surface area (Å²) in [6.45, 7) is 1.71. The molecule has 0 heterocycles. The molecule has 0 N–H and O–H groups in total. The molecule has 0 amide bonds. The average molecular weight is 306 g/mol. The van der Waals surface area contributed by atoms with E-state index in [1.54, 1.807) is 55.5 Å². The van der Waals surface area contributed by atoms with Crippen molar-refractivity contribution in [2.75, 3.05) is 0 Å². The zero-order valence-corrected chi connectivity index (χ0v) is 12.5. The first-order valence-corrected chi connectivity index (χ1v) is 6.95. The maximum absolute atomic E-state index is 11.9. The lowest BCUT2D eigenvalue weighted by atomic mass is 10.2. The van der Waals surface area contributed by atoms with Gasteiger partial charge in [-0.15, -0.1) is 0 Å². The molecule has 5 heteroatoms. The van der Waals surface area contributed by atoms with Gasteiger partial charge in [0.1, 0.15) is 12.4 Å². The molecular weight excluding hydrogens is 292 g/mol. The minimum absolute atomic E-state index is 0.117. The summed E-state index contributed by atoms with van der Waals surface area (Å²) in [5.74, 6) is 0.00513. The highest BCUT2D eigenvalue weighted by Gasteiger charge is 2.16. The maximum atomic E-state index is 11.9. The van der Waals surface area contributed by atoms with Crippen LogP contribution >= 0.6 is 0 Å². The minimum atomic E-state index is -0.763. The van der Waals surface area contributed by atoms with Gasteiger partial charge in [0.2, 0.25) is 0 Å². The fourth-order valence-electron chi connectivity index (χ4n) is 1.81. The molecule has 1 atom stereocenters. The van der Waals surface area contributed by atoms with Crippen molar-refractivity contribution in [3.8, 4) is 17.9 Å². The highest BCUT2D eigenvalue weighted by atomic mass is 16.6. The second-order valence-corrected chi connectivity index (χ2v) is 4.81. The van der Waals surface area contributed by atoms with Gasteiger partial charge in [0, 0.05) is 0 Å². The number of nitriles is 2. The lowest BCUT2D eigenvalue weighted by Gasteiger charge is -2.14. The molecule has 2 aromatic rings. The predicted octanol–water partition coefficient (Wildman–Crippen LogP) is 2.94. The Morgan fingerprint density at radius 1 is 1.00 bits per heavy atom. The predicted molar refractivity (Wildman–Crippen MR) is 82.2 cm³/mol. The van der Waals surface area contributed by atoms with Crippen LogP contribution in [0, 0.1) is 22.7 Å². The van der Waals surface area contributed by atoms with Crippen LogP contribution < -0.4 is 4.74 Å². The van der Waals surface area contributed by atoms with Gasteiger partial charge in [-0.1, -0.05) is 12.1 Å². The zero-order valence-electron chi connectivity index (χ0n) is 12.5. The van der Waals surface area contributed by atoms with Crippen LogP contribution in [-0.4, -0.2) is 12.1 Å². The van der Waals surface area contributed by atoms with Crippen molar-refractivity contribution in [3.63, 3.8) is 0 Å². The second kappa shape index (κ2) is 7.63. The van der Waals surface area contributed by atoms with Crippen molar-refractivity contribution in [1.82, 2.24) is 0 Å². The van der Waals surface area contributed by atoms with Crippen LogP contribution in [0.15, 0.2) is 48.5 Å². The lowest BCUT2D eigenvalue weighted by molar-refractivity contribution is -0.152. The molecule has 0 aromatic heterocycles. The second-order valence-electron chi connectivity index (χ2n) is 4.81. The molecule has 2 aromatic carbocycles. The van der Waals surface area contributed by atoms with Gasteiger partial charge in [-0.3, -0.25) is 0 Å². The van der Waals surface area contributed by atoms with Gasteiger partial charge in [0.15, 0.2) is 6.10 Å². The molecule has 0 saturated carbocycles. The summed E-state index contributed by atoms with van der Waals surface area (Å²) in [6, 6.07) is 17.3. The van der Waals surface area contributed by atoms with E-state index in [4.69, 9.17) is 20.0 Å². The summed E-state index contributed by atoms with van der Waals surface area (Å²) in [5, 5.41) is 17.4. The summed E-state index contributed by atoms with van der Waals surface area (Å²) >= 11 is 0. The van der Waals surface area contributed by atoms with E-state index in [0.717, 1.165) is 5.56 Å². The van der Waals surface area contributed by atoms with Gasteiger partial charge >= 0.3 is 5.97 Å². The molecule has 0 aliphatic rings. The first kappa shape index (κ1) is 16.1. The Morgan fingerprint density at radius 2 is 1.52 bits per heavy atom.